The first-order chi connectivity index (χ1) is 12.6. The van der Waals surface area contributed by atoms with E-state index in [1.54, 1.807) is 18.2 Å². The van der Waals surface area contributed by atoms with Gasteiger partial charge in [0.2, 0.25) is 11.9 Å². The third-order valence-electron chi connectivity index (χ3n) is 4.01. The van der Waals surface area contributed by atoms with Gasteiger partial charge in [0.15, 0.2) is 0 Å². The lowest BCUT2D eigenvalue weighted by atomic mass is 10.2. The fourth-order valence-electron chi connectivity index (χ4n) is 2.83. The monoisotopic (exact) mass is 347 g/mol. The maximum absolute atomic E-state index is 12.4. The second kappa shape index (κ2) is 6.44. The molecule has 0 bridgehead atoms. The molecule has 2 aromatic carbocycles. The fourth-order valence-corrected chi connectivity index (χ4v) is 2.83. The van der Waals surface area contributed by atoms with Gasteiger partial charge in [0.1, 0.15) is 5.75 Å². The van der Waals surface area contributed by atoms with E-state index in [0.717, 1.165) is 16.6 Å². The Hall–Kier alpha value is -3.48. The number of rotatable bonds is 4. The van der Waals surface area contributed by atoms with Crippen molar-refractivity contribution >= 4 is 33.7 Å². The summed E-state index contributed by atoms with van der Waals surface area (Å²) in [5.74, 6) is 1.32. The lowest BCUT2D eigenvalue weighted by Crippen LogP contribution is -2.12. The number of aromatic nitrogens is 4. The van der Waals surface area contributed by atoms with E-state index < -0.39 is 0 Å². The van der Waals surface area contributed by atoms with Crippen LogP contribution >= 0.6 is 0 Å². The summed E-state index contributed by atoms with van der Waals surface area (Å²) >= 11 is 0. The van der Waals surface area contributed by atoms with Crippen molar-refractivity contribution in [1.82, 2.24) is 19.9 Å². The quantitative estimate of drug-likeness (QED) is 0.588. The summed E-state index contributed by atoms with van der Waals surface area (Å²) < 4.78 is 5.43. The van der Waals surface area contributed by atoms with Gasteiger partial charge in [0, 0.05) is 5.39 Å². The van der Waals surface area contributed by atoms with Crippen LogP contribution in [0.2, 0.25) is 0 Å². The highest BCUT2D eigenvalue weighted by molar-refractivity contribution is 5.82. The average Bonchev–Trinajstić information content (AvgIpc) is 2.63. The maximum Gasteiger partial charge on any atom is 0.260 e. The van der Waals surface area contributed by atoms with Gasteiger partial charge in [0.25, 0.3) is 5.56 Å². The molecule has 0 spiro atoms. The molecule has 26 heavy (non-hydrogen) atoms. The molecule has 4 aromatic rings. The first-order valence-electron chi connectivity index (χ1n) is 8.31. The highest BCUT2D eigenvalue weighted by Gasteiger charge is 2.09. The molecule has 0 unspecified atom stereocenters. The summed E-state index contributed by atoms with van der Waals surface area (Å²) in [5.41, 5.74) is 1.99. The second-order valence-electron chi connectivity index (χ2n) is 5.80. The van der Waals surface area contributed by atoms with E-state index in [4.69, 9.17) is 4.74 Å². The number of hydrogen-bond donors (Lipinski definition) is 2. The SMILES string of the molecule is CCOc1ccc2nc(Nc3nc(C)c4ccccc4n3)[nH]c(=O)c2c1. The first-order valence-corrected chi connectivity index (χ1v) is 8.31. The van der Waals surface area contributed by atoms with Gasteiger partial charge in [-0.25, -0.2) is 15.0 Å². The minimum Gasteiger partial charge on any atom is -0.494 e. The minimum absolute atomic E-state index is 0.253. The Morgan fingerprint density at radius 3 is 2.69 bits per heavy atom. The van der Waals surface area contributed by atoms with Gasteiger partial charge in [-0.2, -0.15) is 0 Å². The minimum atomic E-state index is -0.253. The second-order valence-corrected chi connectivity index (χ2v) is 5.80. The van der Waals surface area contributed by atoms with Crippen LogP contribution in [0.25, 0.3) is 21.8 Å². The topological polar surface area (TPSA) is 92.8 Å². The summed E-state index contributed by atoms with van der Waals surface area (Å²) in [7, 11) is 0. The molecule has 2 aromatic heterocycles. The molecular weight excluding hydrogens is 330 g/mol. The molecule has 0 aliphatic heterocycles. The van der Waals surface area contributed by atoms with Gasteiger partial charge < -0.3 is 4.74 Å². The maximum atomic E-state index is 12.4. The Morgan fingerprint density at radius 1 is 1.04 bits per heavy atom. The average molecular weight is 347 g/mol. The predicted molar refractivity (Wildman–Crippen MR) is 101 cm³/mol. The molecule has 4 rings (SSSR count). The Labute approximate surface area is 149 Å². The van der Waals surface area contributed by atoms with Crippen LogP contribution in [0, 0.1) is 6.92 Å². The third-order valence-corrected chi connectivity index (χ3v) is 4.01. The van der Waals surface area contributed by atoms with Gasteiger partial charge in [-0.1, -0.05) is 18.2 Å². The number of nitrogens with one attached hydrogen (secondary N) is 2. The number of hydrogen-bond acceptors (Lipinski definition) is 6. The molecular formula is C19H17N5O2. The molecule has 0 atom stereocenters. The van der Waals surface area contributed by atoms with Crippen LogP contribution in [0.5, 0.6) is 5.75 Å². The largest absolute Gasteiger partial charge is 0.494 e. The Morgan fingerprint density at radius 2 is 1.85 bits per heavy atom. The Bertz CT molecular complexity index is 1170. The normalized spacial score (nSPS) is 11.0. The van der Waals surface area contributed by atoms with Crippen molar-refractivity contribution in [3.05, 3.63) is 58.5 Å². The Kier molecular flexibility index (Phi) is 3.96. The summed E-state index contributed by atoms with van der Waals surface area (Å²) in [6, 6.07) is 13.0. The number of ether oxygens (including phenoxy) is 1. The van der Waals surface area contributed by atoms with Crippen molar-refractivity contribution in [3.8, 4) is 5.75 Å². The van der Waals surface area contributed by atoms with Gasteiger partial charge >= 0.3 is 0 Å². The number of aryl methyl sites for hydroxylation is 1. The van der Waals surface area contributed by atoms with E-state index in [1.165, 1.54) is 0 Å². The molecule has 130 valence electrons. The van der Waals surface area contributed by atoms with Gasteiger partial charge in [-0.05, 0) is 38.1 Å². The number of H-pyrrole nitrogens is 1. The van der Waals surface area contributed by atoms with E-state index in [1.807, 2.05) is 38.1 Å². The van der Waals surface area contributed by atoms with Crippen molar-refractivity contribution in [2.75, 3.05) is 11.9 Å². The highest BCUT2D eigenvalue weighted by atomic mass is 16.5. The molecule has 0 saturated heterocycles. The van der Waals surface area contributed by atoms with Gasteiger partial charge in [-0.15, -0.1) is 0 Å². The smallest absolute Gasteiger partial charge is 0.260 e. The van der Waals surface area contributed by atoms with Crippen LogP contribution in [0.1, 0.15) is 12.6 Å². The van der Waals surface area contributed by atoms with Crippen molar-refractivity contribution in [1.29, 1.82) is 0 Å². The summed E-state index contributed by atoms with van der Waals surface area (Å²) in [6.07, 6.45) is 0. The van der Waals surface area contributed by atoms with E-state index in [2.05, 4.69) is 25.3 Å². The molecule has 0 radical (unpaired) electrons. The molecule has 0 aliphatic rings. The fraction of sp³-hybridized carbons (Fsp3) is 0.158. The first kappa shape index (κ1) is 16.0. The van der Waals surface area contributed by atoms with E-state index in [0.29, 0.717) is 35.2 Å². The predicted octanol–water partition coefficient (Wildman–Crippen LogP) is 3.32. The number of fused-ring (bicyclic) bond motifs is 2. The number of para-hydroxylation sites is 1. The third kappa shape index (κ3) is 2.95. The highest BCUT2D eigenvalue weighted by Crippen LogP contribution is 2.20. The number of anilines is 2. The van der Waals surface area contributed by atoms with E-state index >= 15 is 0 Å². The standard InChI is InChI=1S/C19H17N5O2/c1-3-26-12-8-9-16-14(10-12)17(25)23-19(22-16)24-18-20-11(2)13-6-4-5-7-15(13)21-18/h4-10H,3H2,1-2H3,(H2,20,21,22,23,24,25). The number of nitrogens with zero attached hydrogens (tertiary/aromatic N) is 3. The summed E-state index contributed by atoms with van der Waals surface area (Å²) in [6.45, 7) is 4.35. The number of benzene rings is 2. The van der Waals surface area contributed by atoms with Crippen molar-refractivity contribution in [3.63, 3.8) is 0 Å². The summed E-state index contributed by atoms with van der Waals surface area (Å²) in [5, 5.41) is 4.45. The molecule has 2 heterocycles. The molecule has 0 fully saturated rings. The van der Waals surface area contributed by atoms with Crippen LogP contribution < -0.4 is 15.6 Å². The lowest BCUT2D eigenvalue weighted by molar-refractivity contribution is 0.340. The zero-order valence-corrected chi connectivity index (χ0v) is 14.4. The van der Waals surface area contributed by atoms with Gasteiger partial charge in [0.05, 0.1) is 28.7 Å². The Balaban J connectivity index is 1.73. The van der Waals surface area contributed by atoms with Crippen LogP contribution in [-0.4, -0.2) is 26.5 Å². The van der Waals surface area contributed by atoms with Crippen LogP contribution in [0.3, 0.4) is 0 Å². The molecule has 0 saturated carbocycles. The van der Waals surface area contributed by atoms with E-state index in [9.17, 15) is 4.79 Å². The lowest BCUT2D eigenvalue weighted by Gasteiger charge is -2.08. The van der Waals surface area contributed by atoms with E-state index in [-0.39, 0.29) is 5.56 Å². The molecule has 0 amide bonds. The molecule has 7 nitrogen and oxygen atoms in total. The zero-order valence-electron chi connectivity index (χ0n) is 14.4. The van der Waals surface area contributed by atoms with Crippen LogP contribution in [0.4, 0.5) is 11.9 Å². The van der Waals surface area contributed by atoms with Crippen molar-refractivity contribution in [2.45, 2.75) is 13.8 Å². The van der Waals surface area contributed by atoms with Crippen LogP contribution in [0.15, 0.2) is 47.3 Å². The summed E-state index contributed by atoms with van der Waals surface area (Å²) in [4.78, 5) is 28.5. The van der Waals surface area contributed by atoms with Crippen molar-refractivity contribution < 1.29 is 4.74 Å². The van der Waals surface area contributed by atoms with Crippen LogP contribution in [-0.2, 0) is 0 Å². The molecule has 0 aliphatic carbocycles. The number of aromatic amines is 1. The molecule has 7 heteroatoms. The zero-order chi connectivity index (χ0) is 18.1. The van der Waals surface area contributed by atoms with Crippen molar-refractivity contribution in [2.24, 2.45) is 0 Å². The molecule has 2 N–H and O–H groups in total. The van der Waals surface area contributed by atoms with Gasteiger partial charge in [-0.3, -0.25) is 15.1 Å².